The molecule has 31 heavy (non-hydrogen) atoms. The minimum Gasteiger partial charge on any atom is -0.473 e. The molecule has 0 saturated carbocycles. The molecule has 0 radical (unpaired) electrons. The Hall–Kier alpha value is -3.43. The zero-order valence-corrected chi connectivity index (χ0v) is 17.3. The van der Waals surface area contributed by atoms with Gasteiger partial charge < -0.3 is 9.64 Å². The molecule has 0 fully saturated rings. The number of para-hydroxylation sites is 1. The molecule has 164 valence electrons. The maximum Gasteiger partial charge on any atom is 0.272 e. The molecule has 0 bridgehead atoms. The van der Waals surface area contributed by atoms with Crippen LogP contribution in [0.4, 0.5) is 13.2 Å². The number of likely N-dealkylation sites (N-methyl/N-ethyl adjacent to an activating group) is 1. The van der Waals surface area contributed by atoms with Crippen LogP contribution in [0.2, 0.25) is 0 Å². The molecular weight excluding hydrogens is 411 g/mol. The summed E-state index contributed by atoms with van der Waals surface area (Å²) in [4.78, 5) is 19.8. The number of aromatic nitrogens is 4. The highest BCUT2D eigenvalue weighted by molar-refractivity contribution is 5.97. The average Bonchev–Trinajstić information content (AvgIpc) is 3.27. The molecule has 0 saturated heterocycles. The average molecular weight is 433 g/mol. The van der Waals surface area contributed by atoms with Gasteiger partial charge in [-0.1, -0.05) is 12.1 Å². The van der Waals surface area contributed by atoms with Crippen LogP contribution in [0.25, 0.3) is 5.69 Å². The fourth-order valence-electron chi connectivity index (χ4n) is 3.04. The van der Waals surface area contributed by atoms with Crippen LogP contribution in [0.1, 0.15) is 36.7 Å². The Bertz CT molecular complexity index is 1040. The van der Waals surface area contributed by atoms with Crippen LogP contribution in [0.15, 0.2) is 48.9 Å². The number of hydrogen-bond acceptors (Lipinski definition) is 5. The van der Waals surface area contributed by atoms with E-state index >= 15 is 0 Å². The van der Waals surface area contributed by atoms with E-state index in [1.807, 2.05) is 0 Å². The summed E-state index contributed by atoms with van der Waals surface area (Å²) in [7, 11) is 0. The van der Waals surface area contributed by atoms with E-state index in [1.54, 1.807) is 43.0 Å². The lowest BCUT2D eigenvalue weighted by Gasteiger charge is -2.28. The van der Waals surface area contributed by atoms with Crippen molar-refractivity contribution >= 4 is 5.91 Å². The third-order valence-electron chi connectivity index (χ3n) is 4.68. The van der Waals surface area contributed by atoms with E-state index in [2.05, 4.69) is 15.2 Å². The van der Waals surface area contributed by atoms with Crippen LogP contribution in [-0.4, -0.2) is 50.0 Å². The first-order valence-electron chi connectivity index (χ1n) is 9.65. The predicted octanol–water partition coefficient (Wildman–Crippen LogP) is 3.84. The van der Waals surface area contributed by atoms with Crippen molar-refractivity contribution in [3.63, 3.8) is 0 Å². The van der Waals surface area contributed by atoms with Crippen molar-refractivity contribution in [1.82, 2.24) is 24.9 Å². The van der Waals surface area contributed by atoms with Crippen LogP contribution in [0.5, 0.6) is 5.88 Å². The van der Waals surface area contributed by atoms with Crippen LogP contribution >= 0.6 is 0 Å². The number of hydrogen-bond donors (Lipinski definition) is 0. The monoisotopic (exact) mass is 433 g/mol. The van der Waals surface area contributed by atoms with E-state index in [1.165, 1.54) is 17.2 Å². The molecule has 2 aromatic heterocycles. The zero-order chi connectivity index (χ0) is 22.6. The molecule has 0 unspecified atom stereocenters. The van der Waals surface area contributed by atoms with E-state index in [9.17, 15) is 18.0 Å². The number of pyridine rings is 1. The Morgan fingerprint density at radius 1 is 1.26 bits per heavy atom. The summed E-state index contributed by atoms with van der Waals surface area (Å²) in [6, 6.07) is 7.15. The fraction of sp³-hybridized carbons (Fsp3) is 0.333. The summed E-state index contributed by atoms with van der Waals surface area (Å²) in [5, 5.41) is 8.15. The Labute approximate surface area is 177 Å². The summed E-state index contributed by atoms with van der Waals surface area (Å²) in [5.41, 5.74) is 0.374. The Morgan fingerprint density at radius 3 is 2.55 bits per heavy atom. The molecular formula is C21H22F3N5O2. The molecule has 0 N–H and O–H groups in total. The van der Waals surface area contributed by atoms with Gasteiger partial charge in [-0.3, -0.25) is 4.79 Å². The first-order valence-corrected chi connectivity index (χ1v) is 9.65. The molecule has 1 amide bonds. The molecule has 7 nitrogen and oxygen atoms in total. The number of benzene rings is 1. The van der Waals surface area contributed by atoms with Gasteiger partial charge in [0.2, 0.25) is 5.88 Å². The SMILES string of the molecule is CCN(C(=O)c1ccccc1-n1nccn1)[C@@H](C)COc1ncc(C(C)(F)F)cc1F. The highest BCUT2D eigenvalue weighted by atomic mass is 19.3. The molecule has 1 aromatic carbocycles. The second kappa shape index (κ2) is 9.15. The molecule has 1 atom stereocenters. The highest BCUT2D eigenvalue weighted by Gasteiger charge is 2.27. The van der Waals surface area contributed by atoms with Crippen molar-refractivity contribution in [2.45, 2.75) is 32.7 Å². The summed E-state index contributed by atoms with van der Waals surface area (Å²) in [6.45, 7) is 4.49. The highest BCUT2D eigenvalue weighted by Crippen LogP contribution is 2.28. The van der Waals surface area contributed by atoms with Gasteiger partial charge in [0.15, 0.2) is 5.82 Å². The first-order chi connectivity index (χ1) is 14.7. The van der Waals surface area contributed by atoms with Gasteiger partial charge in [0.25, 0.3) is 11.8 Å². The number of ether oxygens (including phenoxy) is 1. The van der Waals surface area contributed by atoms with Crippen LogP contribution < -0.4 is 4.74 Å². The predicted molar refractivity (Wildman–Crippen MR) is 107 cm³/mol. The molecule has 0 aliphatic carbocycles. The number of rotatable bonds is 8. The van der Waals surface area contributed by atoms with Gasteiger partial charge in [0, 0.05) is 25.2 Å². The van der Waals surface area contributed by atoms with Crippen LogP contribution in [0, 0.1) is 5.82 Å². The standard InChI is InChI=1S/C21H22F3N5O2/c1-4-28(20(30)16-7-5-6-8-18(16)29-26-9-10-27-29)14(2)13-31-19-17(22)11-15(12-25-19)21(3,23)24/h5-12,14H,4,13H2,1-3H3/t14-/m0/s1. The van der Waals surface area contributed by atoms with E-state index < -0.39 is 29.2 Å². The van der Waals surface area contributed by atoms with Crippen molar-refractivity contribution in [3.8, 4) is 11.6 Å². The minimum absolute atomic E-state index is 0.0758. The van der Waals surface area contributed by atoms with Gasteiger partial charge in [-0.2, -0.15) is 15.0 Å². The largest absolute Gasteiger partial charge is 0.473 e. The van der Waals surface area contributed by atoms with Crippen LogP contribution in [0.3, 0.4) is 0 Å². The topological polar surface area (TPSA) is 73.1 Å². The van der Waals surface area contributed by atoms with Crippen molar-refractivity contribution in [3.05, 3.63) is 65.9 Å². The number of amides is 1. The van der Waals surface area contributed by atoms with Gasteiger partial charge in [-0.15, -0.1) is 0 Å². The van der Waals surface area contributed by atoms with Crippen molar-refractivity contribution in [2.24, 2.45) is 0 Å². The molecule has 0 spiro atoms. The summed E-state index contributed by atoms with van der Waals surface area (Å²) < 4.78 is 46.1. The second-order valence-electron chi connectivity index (χ2n) is 6.99. The third kappa shape index (κ3) is 5.01. The third-order valence-corrected chi connectivity index (χ3v) is 4.68. The van der Waals surface area contributed by atoms with Crippen molar-refractivity contribution in [2.75, 3.05) is 13.2 Å². The lowest BCUT2D eigenvalue weighted by molar-refractivity contribution is 0.0165. The summed E-state index contributed by atoms with van der Waals surface area (Å²) in [5.74, 6) is -4.87. The van der Waals surface area contributed by atoms with Gasteiger partial charge in [-0.05, 0) is 32.0 Å². The lowest BCUT2D eigenvalue weighted by Crippen LogP contribution is -2.42. The maximum atomic E-state index is 14.1. The van der Waals surface area contributed by atoms with Crippen molar-refractivity contribution < 1.29 is 22.7 Å². The number of alkyl halides is 2. The van der Waals surface area contributed by atoms with Crippen LogP contribution in [-0.2, 0) is 5.92 Å². The Balaban J connectivity index is 1.74. The molecule has 0 aliphatic heterocycles. The Kier molecular flexibility index (Phi) is 6.57. The van der Waals surface area contributed by atoms with Gasteiger partial charge in [0.1, 0.15) is 6.61 Å². The number of halogens is 3. The van der Waals surface area contributed by atoms with E-state index in [-0.39, 0.29) is 12.5 Å². The maximum absolute atomic E-state index is 14.1. The normalized spacial score (nSPS) is 12.5. The van der Waals surface area contributed by atoms with Gasteiger partial charge in [0.05, 0.1) is 29.7 Å². The lowest BCUT2D eigenvalue weighted by atomic mass is 10.1. The molecule has 2 heterocycles. The first kappa shape index (κ1) is 22.3. The van der Waals surface area contributed by atoms with E-state index in [0.717, 1.165) is 6.20 Å². The Morgan fingerprint density at radius 2 is 1.94 bits per heavy atom. The van der Waals surface area contributed by atoms with E-state index in [4.69, 9.17) is 4.74 Å². The molecule has 0 aliphatic rings. The molecule has 3 rings (SSSR count). The molecule has 3 aromatic rings. The van der Waals surface area contributed by atoms with Gasteiger partial charge >= 0.3 is 0 Å². The number of carbonyl (C=O) groups excluding carboxylic acids is 1. The number of carbonyl (C=O) groups is 1. The summed E-state index contributed by atoms with van der Waals surface area (Å²) >= 11 is 0. The minimum atomic E-state index is -3.21. The van der Waals surface area contributed by atoms with Gasteiger partial charge in [-0.25, -0.2) is 18.2 Å². The number of nitrogens with zero attached hydrogens (tertiary/aromatic N) is 5. The van der Waals surface area contributed by atoms with E-state index in [0.29, 0.717) is 30.8 Å². The molecule has 10 heteroatoms. The second-order valence-corrected chi connectivity index (χ2v) is 6.99. The van der Waals surface area contributed by atoms with Crippen molar-refractivity contribution in [1.29, 1.82) is 0 Å². The fourth-order valence-corrected chi connectivity index (χ4v) is 3.04. The quantitative estimate of drug-likeness (QED) is 0.540. The smallest absolute Gasteiger partial charge is 0.272 e. The zero-order valence-electron chi connectivity index (χ0n) is 17.3. The summed E-state index contributed by atoms with van der Waals surface area (Å²) in [6.07, 6.45) is 3.90.